The highest BCUT2D eigenvalue weighted by molar-refractivity contribution is 6.33. The Morgan fingerprint density at radius 1 is 1.07 bits per heavy atom. The molecule has 0 radical (unpaired) electrons. The van der Waals surface area contributed by atoms with Gasteiger partial charge in [0.2, 0.25) is 0 Å². The minimum Gasteiger partial charge on any atom is -0.463 e. The lowest BCUT2D eigenvalue weighted by Crippen LogP contribution is -2.69. The molecule has 0 heterocycles. The van der Waals surface area contributed by atoms with Gasteiger partial charge in [-0.2, -0.15) is 13.2 Å². The lowest BCUT2D eigenvalue weighted by atomic mass is 10.1. The molecular formula is C18H15Cl2F3N2O3. The van der Waals surface area contributed by atoms with E-state index in [-0.39, 0.29) is 27.9 Å². The van der Waals surface area contributed by atoms with E-state index in [1.165, 1.54) is 55.5 Å². The Morgan fingerprint density at radius 2 is 1.75 bits per heavy atom. The van der Waals surface area contributed by atoms with Crippen LogP contribution in [0.5, 0.6) is 0 Å². The normalized spacial score (nSPS) is 13.4. The van der Waals surface area contributed by atoms with E-state index >= 15 is 0 Å². The summed E-state index contributed by atoms with van der Waals surface area (Å²) in [5.41, 5.74) is -3.97. The number of carbonyl (C=O) groups excluding carboxylic acids is 2. The van der Waals surface area contributed by atoms with Gasteiger partial charge in [-0.3, -0.25) is 4.79 Å². The Labute approximate surface area is 168 Å². The number of carbonyl (C=O) groups is 2. The summed E-state index contributed by atoms with van der Waals surface area (Å²) in [5.74, 6) is -2.93. The minimum absolute atomic E-state index is 0.0857. The van der Waals surface area contributed by atoms with Crippen molar-refractivity contribution in [2.24, 2.45) is 0 Å². The van der Waals surface area contributed by atoms with Crippen molar-refractivity contribution in [2.45, 2.75) is 18.8 Å². The van der Waals surface area contributed by atoms with Crippen LogP contribution in [-0.2, 0) is 9.53 Å². The van der Waals surface area contributed by atoms with E-state index in [2.05, 4.69) is 4.74 Å². The highest BCUT2D eigenvalue weighted by atomic mass is 35.5. The van der Waals surface area contributed by atoms with E-state index < -0.39 is 23.7 Å². The summed E-state index contributed by atoms with van der Waals surface area (Å²) in [7, 11) is 0. The summed E-state index contributed by atoms with van der Waals surface area (Å²) in [6, 6.07) is 10.7. The van der Waals surface area contributed by atoms with E-state index in [1.54, 1.807) is 5.32 Å². The number of rotatable bonds is 6. The first kappa shape index (κ1) is 21.8. The second kappa shape index (κ2) is 8.70. The molecule has 2 N–H and O–H groups in total. The van der Waals surface area contributed by atoms with Gasteiger partial charge in [0.25, 0.3) is 5.91 Å². The van der Waals surface area contributed by atoms with Crippen LogP contribution < -0.4 is 10.6 Å². The van der Waals surface area contributed by atoms with Crippen molar-refractivity contribution in [3.8, 4) is 0 Å². The minimum atomic E-state index is -5.27. The predicted octanol–water partition coefficient (Wildman–Crippen LogP) is 4.66. The number of ether oxygens (including phenoxy) is 1. The first-order chi connectivity index (χ1) is 13.1. The first-order valence-corrected chi connectivity index (χ1v) is 8.71. The molecule has 5 nitrogen and oxygen atoms in total. The summed E-state index contributed by atoms with van der Waals surface area (Å²) < 4.78 is 46.8. The average molecular weight is 435 g/mol. The van der Waals surface area contributed by atoms with Crippen LogP contribution in [0.1, 0.15) is 17.3 Å². The predicted molar refractivity (Wildman–Crippen MR) is 99.4 cm³/mol. The average Bonchev–Trinajstić information content (AvgIpc) is 2.62. The maximum atomic E-state index is 14.1. The standard InChI is InChI=1S/C18H15Cl2F3N2O3/c1-2-28-16(27)17(18(21,22)23,24-14-9-4-3-8-13(14)20)25-15(26)11-6-5-7-12(19)10-11/h3-10,24H,2H2,1H3,(H,25,26)/t17-/m1/s1. The number of nitrogens with one attached hydrogen (secondary N) is 2. The Kier molecular flexibility index (Phi) is 6.79. The number of hydrogen-bond donors (Lipinski definition) is 2. The largest absolute Gasteiger partial charge is 0.463 e. The lowest BCUT2D eigenvalue weighted by molar-refractivity contribution is -0.204. The van der Waals surface area contributed by atoms with E-state index in [1.807, 2.05) is 5.32 Å². The third-order valence-electron chi connectivity index (χ3n) is 3.59. The monoisotopic (exact) mass is 434 g/mol. The van der Waals surface area contributed by atoms with Crippen molar-refractivity contribution >= 4 is 40.8 Å². The summed E-state index contributed by atoms with van der Waals surface area (Å²) in [4.78, 5) is 24.9. The molecule has 1 amide bonds. The second-order valence-corrected chi connectivity index (χ2v) is 6.38. The lowest BCUT2D eigenvalue weighted by Gasteiger charge is -2.35. The number of benzene rings is 2. The van der Waals surface area contributed by atoms with Crippen LogP contribution in [0, 0.1) is 0 Å². The Balaban J connectivity index is 2.54. The fraction of sp³-hybridized carbons (Fsp3) is 0.222. The molecule has 0 fully saturated rings. The van der Waals surface area contributed by atoms with Crippen molar-refractivity contribution in [3.63, 3.8) is 0 Å². The highest BCUT2D eigenvalue weighted by Gasteiger charge is 2.63. The summed E-state index contributed by atoms with van der Waals surface area (Å²) in [5, 5.41) is 3.77. The molecule has 0 spiro atoms. The molecule has 0 bridgehead atoms. The van der Waals surface area contributed by atoms with Gasteiger partial charge in [0.15, 0.2) is 0 Å². The first-order valence-electron chi connectivity index (χ1n) is 7.95. The number of hydrogen-bond acceptors (Lipinski definition) is 4. The fourth-order valence-electron chi connectivity index (χ4n) is 2.27. The number of esters is 1. The van der Waals surface area contributed by atoms with Crippen LogP contribution in [0.4, 0.5) is 18.9 Å². The van der Waals surface area contributed by atoms with Gasteiger partial charge in [-0.25, -0.2) is 4.79 Å². The van der Waals surface area contributed by atoms with E-state index in [9.17, 15) is 22.8 Å². The Bertz CT molecular complexity index is 877. The van der Waals surface area contributed by atoms with Gasteiger partial charge in [-0.05, 0) is 37.3 Å². The second-order valence-electron chi connectivity index (χ2n) is 5.54. The zero-order chi connectivity index (χ0) is 20.9. The molecule has 2 rings (SSSR count). The van der Waals surface area contributed by atoms with E-state index in [0.717, 1.165) is 0 Å². The van der Waals surface area contributed by atoms with Gasteiger partial charge in [0.05, 0.1) is 17.3 Å². The molecule has 2 aromatic carbocycles. The van der Waals surface area contributed by atoms with Crippen LogP contribution in [0.25, 0.3) is 0 Å². The SMILES string of the molecule is CCOC(=O)[C@](NC(=O)c1cccc(Cl)c1)(Nc1ccccc1Cl)C(F)(F)F. The van der Waals surface area contributed by atoms with Crippen molar-refractivity contribution in [1.82, 2.24) is 5.32 Å². The fourth-order valence-corrected chi connectivity index (χ4v) is 2.64. The molecule has 0 aliphatic carbocycles. The number of anilines is 1. The molecule has 1 atom stereocenters. The summed E-state index contributed by atoms with van der Waals surface area (Å²) in [6.45, 7) is 1.00. The van der Waals surface area contributed by atoms with Crippen molar-refractivity contribution < 1.29 is 27.5 Å². The third kappa shape index (κ3) is 4.69. The zero-order valence-corrected chi connectivity index (χ0v) is 16.0. The number of halogens is 5. The molecule has 10 heteroatoms. The highest BCUT2D eigenvalue weighted by Crippen LogP contribution is 2.35. The van der Waals surface area contributed by atoms with Crippen molar-refractivity contribution in [3.05, 3.63) is 64.1 Å². The molecule has 0 aliphatic rings. The topological polar surface area (TPSA) is 67.4 Å². The van der Waals surface area contributed by atoms with Gasteiger partial charge in [-0.1, -0.05) is 41.4 Å². The van der Waals surface area contributed by atoms with Crippen LogP contribution in [0.3, 0.4) is 0 Å². The van der Waals surface area contributed by atoms with Crippen LogP contribution in [-0.4, -0.2) is 30.3 Å². The van der Waals surface area contributed by atoms with Crippen molar-refractivity contribution in [1.29, 1.82) is 0 Å². The van der Waals surface area contributed by atoms with Gasteiger partial charge in [0, 0.05) is 10.6 Å². The maximum absolute atomic E-state index is 14.1. The smallest absolute Gasteiger partial charge is 0.441 e. The molecule has 0 unspecified atom stereocenters. The Morgan fingerprint density at radius 3 is 2.32 bits per heavy atom. The Hall–Kier alpha value is -2.45. The quantitative estimate of drug-likeness (QED) is 0.512. The molecule has 28 heavy (non-hydrogen) atoms. The van der Waals surface area contributed by atoms with Gasteiger partial charge in [-0.15, -0.1) is 0 Å². The molecular weight excluding hydrogens is 420 g/mol. The molecule has 0 aromatic heterocycles. The number of para-hydroxylation sites is 1. The van der Waals surface area contributed by atoms with Gasteiger partial charge >= 0.3 is 17.8 Å². The molecule has 150 valence electrons. The number of amides is 1. The summed E-state index contributed by atoms with van der Waals surface area (Å²) >= 11 is 11.7. The molecule has 0 saturated carbocycles. The number of alkyl halides is 3. The van der Waals surface area contributed by atoms with Crippen molar-refractivity contribution in [2.75, 3.05) is 11.9 Å². The van der Waals surface area contributed by atoms with Crippen LogP contribution in [0.15, 0.2) is 48.5 Å². The molecule has 0 saturated heterocycles. The van der Waals surface area contributed by atoms with E-state index in [0.29, 0.717) is 0 Å². The van der Waals surface area contributed by atoms with Crippen LogP contribution >= 0.6 is 23.2 Å². The van der Waals surface area contributed by atoms with Crippen LogP contribution in [0.2, 0.25) is 10.0 Å². The maximum Gasteiger partial charge on any atom is 0.441 e. The molecule has 2 aromatic rings. The van der Waals surface area contributed by atoms with Gasteiger partial charge in [0.1, 0.15) is 0 Å². The third-order valence-corrected chi connectivity index (χ3v) is 4.16. The molecule has 0 aliphatic heterocycles. The van der Waals surface area contributed by atoms with E-state index in [4.69, 9.17) is 23.2 Å². The van der Waals surface area contributed by atoms with Gasteiger partial charge < -0.3 is 15.4 Å². The summed E-state index contributed by atoms with van der Waals surface area (Å²) in [6.07, 6.45) is -5.27. The zero-order valence-electron chi connectivity index (χ0n) is 14.4.